The molecule has 1 N–H and O–H groups in total. The Bertz CT molecular complexity index is 900. The summed E-state index contributed by atoms with van der Waals surface area (Å²) in [6.45, 7) is 3.58. The van der Waals surface area contributed by atoms with Crippen LogP contribution in [0.4, 0.5) is 0 Å². The van der Waals surface area contributed by atoms with E-state index < -0.39 is 10.0 Å². The Morgan fingerprint density at radius 2 is 2.00 bits per heavy atom. The third kappa shape index (κ3) is 4.69. The average molecular weight is 409 g/mol. The summed E-state index contributed by atoms with van der Waals surface area (Å²) in [5.41, 5.74) is 0.501. The second-order valence-corrected chi connectivity index (χ2v) is 10.1. The lowest BCUT2D eigenvalue weighted by Crippen LogP contribution is -2.37. The van der Waals surface area contributed by atoms with Gasteiger partial charge in [-0.25, -0.2) is 8.42 Å². The van der Waals surface area contributed by atoms with E-state index in [1.54, 1.807) is 47.8 Å². The van der Waals surface area contributed by atoms with E-state index in [1.165, 1.54) is 11.3 Å². The minimum absolute atomic E-state index is 0.225. The van der Waals surface area contributed by atoms with E-state index in [2.05, 4.69) is 12.2 Å². The smallest absolute Gasteiger partial charge is 0.252 e. The standard InChI is InChI=1S/C19H24N2O4S2/c1-14-8-10-21(11-9-14)27(23,24)18-7-6-17(26-18)13-20-19(22)15-4-3-5-16(12-15)25-2/h3-7,12,14H,8-11,13H2,1-2H3,(H,20,22). The Morgan fingerprint density at radius 3 is 2.70 bits per heavy atom. The van der Waals surface area contributed by atoms with Crippen LogP contribution in [0.15, 0.2) is 40.6 Å². The molecule has 1 aliphatic heterocycles. The molecule has 1 fully saturated rings. The summed E-state index contributed by atoms with van der Waals surface area (Å²) in [6, 6.07) is 10.3. The molecular weight excluding hydrogens is 384 g/mol. The summed E-state index contributed by atoms with van der Waals surface area (Å²) in [6.07, 6.45) is 1.79. The van der Waals surface area contributed by atoms with Gasteiger partial charge in [-0.1, -0.05) is 13.0 Å². The minimum Gasteiger partial charge on any atom is -0.497 e. The molecule has 6 nitrogen and oxygen atoms in total. The lowest BCUT2D eigenvalue weighted by atomic mass is 10.0. The van der Waals surface area contributed by atoms with Gasteiger partial charge in [0.1, 0.15) is 9.96 Å². The van der Waals surface area contributed by atoms with Crippen molar-refractivity contribution in [2.75, 3.05) is 20.2 Å². The highest BCUT2D eigenvalue weighted by Gasteiger charge is 2.29. The first-order chi connectivity index (χ1) is 12.9. The molecule has 3 rings (SSSR count). The zero-order valence-corrected chi connectivity index (χ0v) is 17.1. The van der Waals surface area contributed by atoms with Crippen LogP contribution in [0.25, 0.3) is 0 Å². The van der Waals surface area contributed by atoms with Gasteiger partial charge in [0.05, 0.1) is 13.7 Å². The topological polar surface area (TPSA) is 75.7 Å². The van der Waals surface area contributed by atoms with Crippen LogP contribution in [-0.4, -0.2) is 38.8 Å². The lowest BCUT2D eigenvalue weighted by molar-refractivity contribution is 0.0951. The van der Waals surface area contributed by atoms with Crippen LogP contribution in [0.3, 0.4) is 0 Å². The number of amides is 1. The molecule has 2 aromatic rings. The van der Waals surface area contributed by atoms with Crippen molar-refractivity contribution in [3.8, 4) is 5.75 Å². The van der Waals surface area contributed by atoms with Crippen molar-refractivity contribution < 1.29 is 17.9 Å². The molecule has 1 aliphatic rings. The maximum atomic E-state index is 12.8. The van der Waals surface area contributed by atoms with Gasteiger partial charge in [-0.05, 0) is 49.1 Å². The first-order valence-corrected chi connectivity index (χ1v) is 11.2. The van der Waals surface area contributed by atoms with Crippen molar-refractivity contribution in [3.05, 3.63) is 46.8 Å². The predicted molar refractivity (Wildman–Crippen MR) is 106 cm³/mol. The van der Waals surface area contributed by atoms with Gasteiger partial charge in [0.25, 0.3) is 15.9 Å². The maximum Gasteiger partial charge on any atom is 0.252 e. The third-order valence-corrected chi connectivity index (χ3v) is 8.18. The predicted octanol–water partition coefficient (Wildman–Crippen LogP) is 3.11. The highest BCUT2D eigenvalue weighted by molar-refractivity contribution is 7.91. The molecule has 0 radical (unpaired) electrons. The van der Waals surface area contributed by atoms with Gasteiger partial charge in [-0.15, -0.1) is 11.3 Å². The van der Waals surface area contributed by atoms with Crippen LogP contribution < -0.4 is 10.1 Å². The van der Waals surface area contributed by atoms with Crippen LogP contribution in [0.1, 0.15) is 35.0 Å². The fraction of sp³-hybridized carbons (Fsp3) is 0.421. The molecule has 1 aromatic heterocycles. The number of rotatable bonds is 6. The molecule has 0 saturated carbocycles. The van der Waals surface area contributed by atoms with Crippen molar-refractivity contribution in [1.82, 2.24) is 9.62 Å². The van der Waals surface area contributed by atoms with E-state index in [9.17, 15) is 13.2 Å². The second-order valence-electron chi connectivity index (χ2n) is 6.72. The van der Waals surface area contributed by atoms with E-state index in [-0.39, 0.29) is 12.5 Å². The van der Waals surface area contributed by atoms with Gasteiger partial charge in [0.15, 0.2) is 0 Å². The Morgan fingerprint density at radius 1 is 1.26 bits per heavy atom. The highest BCUT2D eigenvalue weighted by atomic mass is 32.2. The summed E-state index contributed by atoms with van der Waals surface area (Å²) in [5.74, 6) is 0.960. The highest BCUT2D eigenvalue weighted by Crippen LogP contribution is 2.28. The van der Waals surface area contributed by atoms with Crippen LogP contribution >= 0.6 is 11.3 Å². The summed E-state index contributed by atoms with van der Waals surface area (Å²) >= 11 is 1.21. The quantitative estimate of drug-likeness (QED) is 0.797. The van der Waals surface area contributed by atoms with Crippen LogP contribution in [0.2, 0.25) is 0 Å². The normalized spacial score (nSPS) is 16.2. The van der Waals surface area contributed by atoms with E-state index in [0.717, 1.165) is 17.7 Å². The van der Waals surface area contributed by atoms with Crippen molar-refractivity contribution in [3.63, 3.8) is 0 Å². The molecule has 1 saturated heterocycles. The Hall–Kier alpha value is -1.90. The van der Waals surface area contributed by atoms with Gasteiger partial charge in [0.2, 0.25) is 0 Å². The minimum atomic E-state index is -3.44. The summed E-state index contributed by atoms with van der Waals surface area (Å²) in [7, 11) is -1.89. The molecule has 0 unspecified atom stereocenters. The number of benzene rings is 1. The van der Waals surface area contributed by atoms with Crippen molar-refractivity contribution >= 4 is 27.3 Å². The largest absolute Gasteiger partial charge is 0.497 e. The van der Waals surface area contributed by atoms with E-state index in [1.807, 2.05) is 0 Å². The number of hydrogen-bond donors (Lipinski definition) is 1. The molecule has 27 heavy (non-hydrogen) atoms. The monoisotopic (exact) mass is 408 g/mol. The number of ether oxygens (including phenoxy) is 1. The third-order valence-electron chi connectivity index (χ3n) is 4.73. The van der Waals surface area contributed by atoms with E-state index >= 15 is 0 Å². The van der Waals surface area contributed by atoms with Gasteiger partial charge < -0.3 is 10.1 Å². The van der Waals surface area contributed by atoms with Crippen LogP contribution in [-0.2, 0) is 16.6 Å². The fourth-order valence-corrected chi connectivity index (χ4v) is 5.90. The summed E-state index contributed by atoms with van der Waals surface area (Å²) in [5, 5.41) is 2.82. The van der Waals surface area contributed by atoms with Crippen molar-refractivity contribution in [2.24, 2.45) is 5.92 Å². The number of piperidine rings is 1. The number of carbonyl (C=O) groups is 1. The summed E-state index contributed by atoms with van der Waals surface area (Å²) < 4.78 is 32.6. The van der Waals surface area contributed by atoms with Gasteiger partial charge >= 0.3 is 0 Å². The number of nitrogens with zero attached hydrogens (tertiary/aromatic N) is 1. The van der Waals surface area contributed by atoms with Crippen molar-refractivity contribution in [1.29, 1.82) is 0 Å². The molecule has 2 heterocycles. The Labute approximate surface area is 164 Å². The number of carbonyl (C=O) groups excluding carboxylic acids is 1. The zero-order valence-electron chi connectivity index (χ0n) is 15.5. The lowest BCUT2D eigenvalue weighted by Gasteiger charge is -2.28. The molecule has 1 aromatic carbocycles. The number of nitrogens with one attached hydrogen (secondary N) is 1. The van der Waals surface area contributed by atoms with Gasteiger partial charge in [0, 0.05) is 23.5 Å². The molecule has 0 bridgehead atoms. The molecule has 0 aliphatic carbocycles. The second kappa shape index (κ2) is 8.41. The first kappa shape index (κ1) is 19.9. The Balaban J connectivity index is 1.63. The molecule has 1 amide bonds. The number of methoxy groups -OCH3 is 1. The molecule has 146 valence electrons. The summed E-state index contributed by atoms with van der Waals surface area (Å²) in [4.78, 5) is 13.1. The first-order valence-electron chi connectivity index (χ1n) is 8.91. The van der Waals surface area contributed by atoms with Gasteiger partial charge in [-0.2, -0.15) is 4.31 Å². The van der Waals surface area contributed by atoms with Gasteiger partial charge in [-0.3, -0.25) is 4.79 Å². The number of sulfonamides is 1. The average Bonchev–Trinajstić information content (AvgIpc) is 3.16. The maximum absolute atomic E-state index is 12.8. The van der Waals surface area contributed by atoms with Crippen molar-refractivity contribution in [2.45, 2.75) is 30.5 Å². The zero-order chi connectivity index (χ0) is 19.4. The molecule has 0 atom stereocenters. The number of hydrogen-bond acceptors (Lipinski definition) is 5. The molecular formula is C19H24N2O4S2. The number of thiophene rings is 1. The van der Waals surface area contributed by atoms with E-state index in [0.29, 0.717) is 34.5 Å². The van der Waals surface area contributed by atoms with Crippen LogP contribution in [0.5, 0.6) is 5.75 Å². The van der Waals surface area contributed by atoms with E-state index in [4.69, 9.17) is 4.74 Å². The Kier molecular flexibility index (Phi) is 6.18. The molecule has 8 heteroatoms. The van der Waals surface area contributed by atoms with Crippen LogP contribution in [0, 0.1) is 5.92 Å². The molecule has 0 spiro atoms. The fourth-order valence-electron chi connectivity index (χ4n) is 2.98. The SMILES string of the molecule is COc1cccc(C(=O)NCc2ccc(S(=O)(=O)N3CCC(C)CC3)s2)c1.